The van der Waals surface area contributed by atoms with Gasteiger partial charge in [0.1, 0.15) is 18.1 Å². The quantitative estimate of drug-likeness (QED) is 0.448. The third-order valence-corrected chi connectivity index (χ3v) is 4.56. The number of carbonyl (C=O) groups excluding carboxylic acids is 1. The highest BCUT2D eigenvalue weighted by Gasteiger charge is 2.14. The minimum Gasteiger partial charge on any atom is -0.486 e. The molecule has 1 aromatic heterocycles. The Hall–Kier alpha value is -3.32. The summed E-state index contributed by atoms with van der Waals surface area (Å²) in [6.07, 6.45) is 0. The van der Waals surface area contributed by atoms with E-state index in [1.54, 1.807) is 43.3 Å². The lowest BCUT2D eigenvalue weighted by Gasteiger charge is -2.08. The Balaban J connectivity index is 1.64. The second kappa shape index (κ2) is 8.14. The fraction of sp³-hybridized carbons (Fsp3) is 0.150. The smallest absolute Gasteiger partial charge is 0.291 e. The number of hydrogen-bond donors (Lipinski definition) is 1. The van der Waals surface area contributed by atoms with Gasteiger partial charge in [-0.05, 0) is 55.8 Å². The molecule has 144 valence electrons. The highest BCUT2D eigenvalue weighted by molar-refractivity contribution is 6.31. The zero-order valence-corrected chi connectivity index (χ0v) is 15.9. The van der Waals surface area contributed by atoms with Crippen molar-refractivity contribution in [3.8, 4) is 5.75 Å². The summed E-state index contributed by atoms with van der Waals surface area (Å²) >= 11 is 6.06. The second-order valence-electron chi connectivity index (χ2n) is 6.13. The van der Waals surface area contributed by atoms with Gasteiger partial charge in [-0.15, -0.1) is 0 Å². The van der Waals surface area contributed by atoms with Crippen LogP contribution in [-0.4, -0.2) is 10.8 Å². The first-order chi connectivity index (χ1) is 13.3. The van der Waals surface area contributed by atoms with Crippen molar-refractivity contribution >= 4 is 28.9 Å². The number of anilines is 1. The number of halogens is 1. The number of benzene rings is 2. The third kappa shape index (κ3) is 4.32. The second-order valence-corrected chi connectivity index (χ2v) is 6.53. The molecule has 28 heavy (non-hydrogen) atoms. The van der Waals surface area contributed by atoms with Crippen molar-refractivity contribution in [2.24, 2.45) is 0 Å². The molecule has 0 radical (unpaired) electrons. The van der Waals surface area contributed by atoms with Gasteiger partial charge in [0.25, 0.3) is 11.6 Å². The summed E-state index contributed by atoms with van der Waals surface area (Å²) in [6.45, 7) is 3.53. The molecule has 1 N–H and O–H groups in total. The molecule has 0 spiro atoms. The molecule has 1 heterocycles. The van der Waals surface area contributed by atoms with Crippen molar-refractivity contribution in [2.75, 3.05) is 5.32 Å². The molecule has 0 aliphatic heterocycles. The number of hydrogen-bond acceptors (Lipinski definition) is 5. The van der Waals surface area contributed by atoms with Gasteiger partial charge in [0.15, 0.2) is 5.76 Å². The maximum absolute atomic E-state index is 12.4. The van der Waals surface area contributed by atoms with Crippen LogP contribution in [-0.2, 0) is 6.61 Å². The molecule has 0 aliphatic rings. The molecule has 0 atom stereocenters. The van der Waals surface area contributed by atoms with Crippen LogP contribution in [0.3, 0.4) is 0 Å². The van der Waals surface area contributed by atoms with Gasteiger partial charge in [-0.2, -0.15) is 0 Å². The Morgan fingerprint density at radius 3 is 2.71 bits per heavy atom. The number of rotatable bonds is 6. The first kappa shape index (κ1) is 19.4. The zero-order chi connectivity index (χ0) is 20.3. The average Bonchev–Trinajstić information content (AvgIpc) is 3.13. The molecule has 0 bridgehead atoms. The Labute approximate surface area is 166 Å². The number of aryl methyl sites for hydroxylation is 1. The van der Waals surface area contributed by atoms with Gasteiger partial charge in [0.05, 0.1) is 4.92 Å². The summed E-state index contributed by atoms with van der Waals surface area (Å²) in [5.41, 5.74) is 1.90. The lowest BCUT2D eigenvalue weighted by molar-refractivity contribution is -0.385. The Morgan fingerprint density at radius 2 is 2.00 bits per heavy atom. The van der Waals surface area contributed by atoms with E-state index in [0.29, 0.717) is 27.8 Å². The average molecular weight is 401 g/mol. The molecule has 0 aliphatic carbocycles. The number of nitro benzene ring substituents is 1. The van der Waals surface area contributed by atoms with Crippen LogP contribution in [0, 0.1) is 24.0 Å². The van der Waals surface area contributed by atoms with Crippen LogP contribution < -0.4 is 10.1 Å². The first-order valence-corrected chi connectivity index (χ1v) is 8.76. The van der Waals surface area contributed by atoms with E-state index in [4.69, 9.17) is 20.8 Å². The van der Waals surface area contributed by atoms with Crippen LogP contribution in [0.5, 0.6) is 5.75 Å². The molecule has 1 amide bonds. The van der Waals surface area contributed by atoms with Crippen molar-refractivity contribution in [3.63, 3.8) is 0 Å². The molecule has 0 saturated carbocycles. The first-order valence-electron chi connectivity index (χ1n) is 8.38. The summed E-state index contributed by atoms with van der Waals surface area (Å²) in [5.74, 6) is 0.657. The number of carbonyl (C=O) groups is 1. The van der Waals surface area contributed by atoms with Crippen LogP contribution in [0.25, 0.3) is 0 Å². The van der Waals surface area contributed by atoms with Crippen molar-refractivity contribution in [1.29, 1.82) is 0 Å². The van der Waals surface area contributed by atoms with Gasteiger partial charge < -0.3 is 14.5 Å². The molecular weight excluding hydrogens is 384 g/mol. The van der Waals surface area contributed by atoms with E-state index in [1.165, 1.54) is 12.1 Å². The fourth-order valence-corrected chi connectivity index (χ4v) is 2.76. The van der Waals surface area contributed by atoms with Gasteiger partial charge in [0.2, 0.25) is 0 Å². The molecule has 0 unspecified atom stereocenters. The Morgan fingerprint density at radius 1 is 1.21 bits per heavy atom. The van der Waals surface area contributed by atoms with Crippen LogP contribution in [0.4, 0.5) is 11.4 Å². The van der Waals surface area contributed by atoms with E-state index in [1.807, 2.05) is 6.92 Å². The fourth-order valence-electron chi connectivity index (χ4n) is 2.58. The SMILES string of the molecule is Cc1cc(OCc2ccc(C(=O)Nc3cccc(Cl)c3C)o2)ccc1[N+](=O)[O-]. The minimum atomic E-state index is -0.446. The molecule has 7 nitrogen and oxygen atoms in total. The van der Waals surface area contributed by atoms with E-state index in [9.17, 15) is 14.9 Å². The lowest BCUT2D eigenvalue weighted by atomic mass is 10.2. The topological polar surface area (TPSA) is 94.6 Å². The van der Waals surface area contributed by atoms with E-state index >= 15 is 0 Å². The minimum absolute atomic E-state index is 0.0283. The Kier molecular flexibility index (Phi) is 5.65. The van der Waals surface area contributed by atoms with Gasteiger partial charge in [0, 0.05) is 22.3 Å². The summed E-state index contributed by atoms with van der Waals surface area (Å²) in [6, 6.07) is 12.9. The van der Waals surface area contributed by atoms with Crippen molar-refractivity contribution in [2.45, 2.75) is 20.5 Å². The maximum atomic E-state index is 12.4. The zero-order valence-electron chi connectivity index (χ0n) is 15.2. The van der Waals surface area contributed by atoms with Gasteiger partial charge in [-0.1, -0.05) is 17.7 Å². The predicted molar refractivity (Wildman–Crippen MR) is 105 cm³/mol. The van der Waals surface area contributed by atoms with Gasteiger partial charge in [-0.25, -0.2) is 0 Å². The van der Waals surface area contributed by atoms with Crippen LogP contribution in [0.15, 0.2) is 52.9 Å². The molecule has 3 aromatic rings. The van der Waals surface area contributed by atoms with E-state index < -0.39 is 10.8 Å². The summed E-state index contributed by atoms with van der Waals surface area (Å²) in [5, 5.41) is 14.2. The van der Waals surface area contributed by atoms with Crippen LogP contribution in [0.2, 0.25) is 5.02 Å². The highest BCUT2D eigenvalue weighted by Crippen LogP contribution is 2.25. The number of nitro groups is 1. The molecular formula is C20H17ClN2O5. The summed E-state index contributed by atoms with van der Waals surface area (Å²) < 4.78 is 11.1. The van der Waals surface area contributed by atoms with Crippen molar-refractivity contribution < 1.29 is 18.9 Å². The number of amides is 1. The number of nitrogens with one attached hydrogen (secondary N) is 1. The molecule has 0 saturated heterocycles. The van der Waals surface area contributed by atoms with E-state index in [2.05, 4.69) is 5.32 Å². The van der Waals surface area contributed by atoms with Gasteiger partial charge in [-0.3, -0.25) is 14.9 Å². The third-order valence-electron chi connectivity index (χ3n) is 4.15. The predicted octanol–water partition coefficient (Wildman–Crippen LogP) is 5.29. The van der Waals surface area contributed by atoms with E-state index in [-0.39, 0.29) is 18.1 Å². The summed E-state index contributed by atoms with van der Waals surface area (Å²) in [4.78, 5) is 22.8. The normalized spacial score (nSPS) is 10.5. The monoisotopic (exact) mass is 400 g/mol. The largest absolute Gasteiger partial charge is 0.486 e. The lowest BCUT2D eigenvalue weighted by Crippen LogP contribution is -2.12. The van der Waals surface area contributed by atoms with Gasteiger partial charge >= 0.3 is 0 Å². The van der Waals surface area contributed by atoms with Crippen molar-refractivity contribution in [1.82, 2.24) is 0 Å². The number of ether oxygens (including phenoxy) is 1. The number of nitrogens with zero attached hydrogens (tertiary/aromatic N) is 1. The molecule has 0 fully saturated rings. The summed E-state index contributed by atoms with van der Waals surface area (Å²) in [7, 11) is 0. The Bertz CT molecular complexity index is 1040. The van der Waals surface area contributed by atoms with E-state index in [0.717, 1.165) is 5.56 Å². The van der Waals surface area contributed by atoms with Crippen LogP contribution >= 0.6 is 11.6 Å². The highest BCUT2D eigenvalue weighted by atomic mass is 35.5. The maximum Gasteiger partial charge on any atom is 0.291 e. The molecule has 8 heteroatoms. The molecule has 2 aromatic carbocycles. The standard InChI is InChI=1S/C20H17ClN2O5/c1-12-10-14(6-8-18(12)23(25)26)27-11-15-7-9-19(28-15)20(24)22-17-5-3-4-16(21)13(17)2/h3-10H,11H2,1-2H3,(H,22,24). The number of furan rings is 1. The molecule has 3 rings (SSSR count). The van der Waals surface area contributed by atoms with Crippen molar-refractivity contribution in [3.05, 3.63) is 86.3 Å². The van der Waals surface area contributed by atoms with Crippen LogP contribution in [0.1, 0.15) is 27.4 Å².